The van der Waals surface area contributed by atoms with Crippen LogP contribution < -0.4 is 5.32 Å². The Kier molecular flexibility index (Phi) is 5.35. The summed E-state index contributed by atoms with van der Waals surface area (Å²) in [7, 11) is 0. The van der Waals surface area contributed by atoms with Crippen LogP contribution in [0.4, 0.5) is 5.13 Å². The maximum Gasteiger partial charge on any atom is 0.183 e. The van der Waals surface area contributed by atoms with Crippen LogP contribution in [0.3, 0.4) is 0 Å². The van der Waals surface area contributed by atoms with E-state index in [4.69, 9.17) is 0 Å². The van der Waals surface area contributed by atoms with Gasteiger partial charge in [-0.25, -0.2) is 4.98 Å². The number of thioether (sulfide) groups is 1. The summed E-state index contributed by atoms with van der Waals surface area (Å²) in [5.41, 5.74) is 2.45. The summed E-state index contributed by atoms with van der Waals surface area (Å²) in [6, 6.07) is 17.1. The number of anilines is 1. The number of nitrogens with zero attached hydrogens (tertiary/aromatic N) is 1. The van der Waals surface area contributed by atoms with E-state index in [2.05, 4.69) is 65.8 Å². The monoisotopic (exact) mass is 328 g/mol. The average Bonchev–Trinajstić information content (AvgIpc) is 2.96. The average molecular weight is 329 g/mol. The minimum atomic E-state index is 0.918. The fraction of sp³-hybridized carbons (Fsp3) is 0.278. The number of benzene rings is 2. The van der Waals surface area contributed by atoms with Crippen molar-refractivity contribution < 1.29 is 0 Å². The number of rotatable bonds is 7. The highest BCUT2D eigenvalue weighted by atomic mass is 32.2. The Hall–Kier alpha value is -1.52. The SMILES string of the molecule is CCCSc1ccc2nc(NCCc3ccccc3)sc2c1. The van der Waals surface area contributed by atoms with Crippen LogP contribution in [0.5, 0.6) is 0 Å². The van der Waals surface area contributed by atoms with Gasteiger partial charge < -0.3 is 5.32 Å². The molecule has 0 bridgehead atoms. The van der Waals surface area contributed by atoms with Gasteiger partial charge in [0.15, 0.2) is 5.13 Å². The Balaban J connectivity index is 1.62. The lowest BCUT2D eigenvalue weighted by Gasteiger charge is -2.02. The molecule has 22 heavy (non-hydrogen) atoms. The summed E-state index contributed by atoms with van der Waals surface area (Å²) >= 11 is 3.66. The summed E-state index contributed by atoms with van der Waals surface area (Å²) < 4.78 is 1.27. The topological polar surface area (TPSA) is 24.9 Å². The zero-order valence-corrected chi connectivity index (χ0v) is 14.3. The minimum absolute atomic E-state index is 0.918. The van der Waals surface area contributed by atoms with Crippen molar-refractivity contribution in [1.29, 1.82) is 0 Å². The van der Waals surface area contributed by atoms with Crippen LogP contribution in [0.2, 0.25) is 0 Å². The largest absolute Gasteiger partial charge is 0.361 e. The second-order valence-electron chi connectivity index (χ2n) is 5.16. The quantitative estimate of drug-likeness (QED) is 0.584. The second kappa shape index (κ2) is 7.65. The Labute approximate surface area is 140 Å². The van der Waals surface area contributed by atoms with E-state index in [0.717, 1.165) is 23.6 Å². The van der Waals surface area contributed by atoms with Gasteiger partial charge in [-0.15, -0.1) is 11.8 Å². The van der Waals surface area contributed by atoms with Crippen molar-refractivity contribution in [2.45, 2.75) is 24.7 Å². The highest BCUT2D eigenvalue weighted by Gasteiger charge is 2.04. The van der Waals surface area contributed by atoms with E-state index in [0.29, 0.717) is 0 Å². The Morgan fingerprint density at radius 3 is 2.82 bits per heavy atom. The van der Waals surface area contributed by atoms with Crippen LogP contribution in [0.25, 0.3) is 10.2 Å². The Morgan fingerprint density at radius 1 is 1.14 bits per heavy atom. The van der Waals surface area contributed by atoms with Gasteiger partial charge in [-0.1, -0.05) is 48.6 Å². The van der Waals surface area contributed by atoms with Gasteiger partial charge in [0.1, 0.15) is 0 Å². The van der Waals surface area contributed by atoms with Crippen LogP contribution in [-0.4, -0.2) is 17.3 Å². The van der Waals surface area contributed by atoms with E-state index >= 15 is 0 Å². The maximum atomic E-state index is 4.66. The van der Waals surface area contributed by atoms with Crippen molar-refractivity contribution in [2.24, 2.45) is 0 Å². The van der Waals surface area contributed by atoms with E-state index in [1.807, 2.05) is 11.8 Å². The van der Waals surface area contributed by atoms with Gasteiger partial charge in [0.05, 0.1) is 10.2 Å². The highest BCUT2D eigenvalue weighted by Crippen LogP contribution is 2.30. The fourth-order valence-corrected chi connectivity index (χ4v) is 4.06. The predicted octanol–water partition coefficient (Wildman–Crippen LogP) is 5.45. The van der Waals surface area contributed by atoms with E-state index < -0.39 is 0 Å². The third-order valence-electron chi connectivity index (χ3n) is 3.37. The lowest BCUT2D eigenvalue weighted by atomic mass is 10.2. The van der Waals surface area contributed by atoms with Crippen LogP contribution in [0.15, 0.2) is 53.4 Å². The number of hydrogen-bond donors (Lipinski definition) is 1. The molecular weight excluding hydrogens is 308 g/mol. The summed E-state index contributed by atoms with van der Waals surface area (Å²) in [4.78, 5) is 6.00. The molecule has 0 saturated heterocycles. The molecule has 0 amide bonds. The second-order valence-corrected chi connectivity index (χ2v) is 7.36. The lowest BCUT2D eigenvalue weighted by molar-refractivity contribution is 1.02. The standard InChI is InChI=1S/C18H20N2S2/c1-2-12-21-15-8-9-16-17(13-15)22-18(20-16)19-11-10-14-6-4-3-5-7-14/h3-9,13H,2,10-12H2,1H3,(H,19,20). The first-order chi connectivity index (χ1) is 10.8. The van der Waals surface area contributed by atoms with Gasteiger partial charge in [0, 0.05) is 11.4 Å². The summed E-state index contributed by atoms with van der Waals surface area (Å²) in [6.07, 6.45) is 2.23. The summed E-state index contributed by atoms with van der Waals surface area (Å²) in [5.74, 6) is 1.17. The minimum Gasteiger partial charge on any atom is -0.361 e. The zero-order chi connectivity index (χ0) is 15.2. The van der Waals surface area contributed by atoms with Crippen molar-refractivity contribution in [3.63, 3.8) is 0 Å². The summed E-state index contributed by atoms with van der Waals surface area (Å²) in [6.45, 7) is 3.13. The molecule has 3 aromatic rings. The van der Waals surface area contributed by atoms with Gasteiger partial charge in [-0.05, 0) is 42.4 Å². The number of aromatic nitrogens is 1. The maximum absolute atomic E-state index is 4.66. The van der Waals surface area contributed by atoms with E-state index in [-0.39, 0.29) is 0 Å². The van der Waals surface area contributed by atoms with E-state index in [9.17, 15) is 0 Å². The molecule has 1 heterocycles. The van der Waals surface area contributed by atoms with Crippen molar-refractivity contribution in [3.8, 4) is 0 Å². The lowest BCUT2D eigenvalue weighted by Crippen LogP contribution is -2.04. The smallest absolute Gasteiger partial charge is 0.183 e. The van der Waals surface area contributed by atoms with E-state index in [1.165, 1.54) is 27.3 Å². The number of nitrogens with one attached hydrogen (secondary N) is 1. The van der Waals surface area contributed by atoms with Gasteiger partial charge in [-0.2, -0.15) is 0 Å². The molecule has 4 heteroatoms. The molecule has 114 valence electrons. The molecule has 0 saturated carbocycles. The molecule has 0 aliphatic carbocycles. The van der Waals surface area contributed by atoms with Crippen LogP contribution in [-0.2, 0) is 6.42 Å². The number of thiazole rings is 1. The first kappa shape index (κ1) is 15.4. The van der Waals surface area contributed by atoms with Crippen molar-refractivity contribution in [3.05, 3.63) is 54.1 Å². The third-order valence-corrected chi connectivity index (χ3v) is 5.54. The molecule has 1 aromatic heterocycles. The van der Waals surface area contributed by atoms with Gasteiger partial charge in [-0.3, -0.25) is 0 Å². The first-order valence-corrected chi connectivity index (χ1v) is 9.46. The van der Waals surface area contributed by atoms with Crippen LogP contribution >= 0.6 is 23.1 Å². The molecule has 0 aliphatic rings. The molecule has 3 rings (SSSR count). The molecule has 0 spiro atoms. The van der Waals surface area contributed by atoms with Crippen molar-refractivity contribution >= 4 is 38.4 Å². The molecule has 0 radical (unpaired) electrons. The molecule has 0 fully saturated rings. The fourth-order valence-electron chi connectivity index (χ4n) is 2.25. The molecule has 0 aliphatic heterocycles. The molecule has 1 N–H and O–H groups in total. The van der Waals surface area contributed by atoms with E-state index in [1.54, 1.807) is 11.3 Å². The molecular formula is C18H20N2S2. The Morgan fingerprint density at radius 2 is 2.00 bits per heavy atom. The highest BCUT2D eigenvalue weighted by molar-refractivity contribution is 7.99. The van der Waals surface area contributed by atoms with Crippen LogP contribution in [0, 0.1) is 0 Å². The number of fused-ring (bicyclic) bond motifs is 1. The van der Waals surface area contributed by atoms with Crippen molar-refractivity contribution in [1.82, 2.24) is 4.98 Å². The van der Waals surface area contributed by atoms with Gasteiger partial charge in [0.2, 0.25) is 0 Å². The first-order valence-electron chi connectivity index (χ1n) is 7.66. The zero-order valence-electron chi connectivity index (χ0n) is 12.7. The normalized spacial score (nSPS) is 11.0. The number of hydrogen-bond acceptors (Lipinski definition) is 4. The summed E-state index contributed by atoms with van der Waals surface area (Å²) in [5, 5.41) is 4.46. The molecule has 0 atom stereocenters. The Bertz CT molecular complexity index is 722. The van der Waals surface area contributed by atoms with Gasteiger partial charge >= 0.3 is 0 Å². The van der Waals surface area contributed by atoms with Gasteiger partial charge in [0.25, 0.3) is 0 Å². The molecule has 0 unspecified atom stereocenters. The predicted molar refractivity (Wildman–Crippen MR) is 99.3 cm³/mol. The third kappa shape index (κ3) is 4.02. The van der Waals surface area contributed by atoms with Crippen molar-refractivity contribution in [2.75, 3.05) is 17.6 Å². The molecule has 2 aromatic carbocycles. The van der Waals surface area contributed by atoms with Crippen LogP contribution in [0.1, 0.15) is 18.9 Å². The molecule has 2 nitrogen and oxygen atoms in total.